The Morgan fingerprint density at radius 3 is 2.12 bits per heavy atom. The molecule has 5 heteroatoms. The number of hydrogen-bond acceptors (Lipinski definition) is 2. The molecule has 4 nitrogen and oxygen atoms in total. The third kappa shape index (κ3) is 6.47. The van der Waals surface area contributed by atoms with E-state index in [0.29, 0.717) is 12.1 Å². The minimum atomic E-state index is -0.382. The van der Waals surface area contributed by atoms with E-state index < -0.39 is 0 Å². The highest BCUT2D eigenvalue weighted by Gasteiger charge is 2.09. The average Bonchev–Trinajstić information content (AvgIpc) is 2.59. The third-order valence-electron chi connectivity index (χ3n) is 3.82. The molecule has 2 N–H and O–H groups in total. The zero-order valence-electron chi connectivity index (χ0n) is 14.6. The molecule has 0 spiro atoms. The number of hydrogen-bond donors (Lipinski definition) is 2. The van der Waals surface area contributed by atoms with Gasteiger partial charge in [-0.25, -0.2) is 4.39 Å². The predicted octanol–water partition coefficient (Wildman–Crippen LogP) is 1.75. The summed E-state index contributed by atoms with van der Waals surface area (Å²) in [5.41, 5.74) is 2.70. The molecule has 0 fully saturated rings. The maximum atomic E-state index is 12.8. The van der Waals surface area contributed by atoms with Crippen LogP contribution in [0.1, 0.15) is 34.3 Å². The number of amides is 1. The van der Waals surface area contributed by atoms with Gasteiger partial charge in [0.1, 0.15) is 12.4 Å². The van der Waals surface area contributed by atoms with E-state index in [2.05, 4.69) is 31.5 Å². The number of carbonyl (C=O) groups excluding carboxylic acids is 2. The second-order valence-electron chi connectivity index (χ2n) is 6.41. The Morgan fingerprint density at radius 1 is 0.920 bits per heavy atom. The molecule has 0 radical (unpaired) electrons. The minimum absolute atomic E-state index is 0.113. The number of carbonyl (C=O) groups is 2. The Bertz CT molecular complexity index is 709. The molecule has 0 bridgehead atoms. The fraction of sp³-hybridized carbons (Fsp3) is 0.300. The van der Waals surface area contributed by atoms with E-state index in [1.165, 1.54) is 34.7 Å². The molecule has 132 valence electrons. The van der Waals surface area contributed by atoms with E-state index in [0.717, 1.165) is 12.1 Å². The van der Waals surface area contributed by atoms with Crippen LogP contribution in [-0.2, 0) is 17.9 Å². The van der Waals surface area contributed by atoms with Gasteiger partial charge in [-0.3, -0.25) is 9.59 Å². The molecular formula is C20H24FN2O2+. The van der Waals surface area contributed by atoms with Crippen LogP contribution in [-0.4, -0.2) is 25.8 Å². The first kappa shape index (κ1) is 18.8. The van der Waals surface area contributed by atoms with Crippen LogP contribution in [0.4, 0.5) is 4.39 Å². The summed E-state index contributed by atoms with van der Waals surface area (Å²) < 4.78 is 12.8. The normalized spacial score (nSPS) is 10.7. The van der Waals surface area contributed by atoms with Gasteiger partial charge in [0.05, 0.1) is 14.1 Å². The molecule has 0 saturated carbocycles. The van der Waals surface area contributed by atoms with Gasteiger partial charge >= 0.3 is 0 Å². The fourth-order valence-electron chi connectivity index (χ4n) is 2.48. The van der Waals surface area contributed by atoms with Crippen LogP contribution in [0, 0.1) is 5.82 Å². The zero-order chi connectivity index (χ0) is 18.2. The van der Waals surface area contributed by atoms with Crippen molar-refractivity contribution in [2.75, 3.05) is 14.1 Å². The standard InChI is InChI=1S/C20H23FN2O2/c1-23(2)14-16-5-3-15(4-6-16)13-22-20(25)12-11-19(24)17-7-9-18(21)10-8-17/h3-10H,11-14H2,1-2H3,(H,22,25)/p+1. The van der Waals surface area contributed by atoms with Crippen LogP contribution in [0.3, 0.4) is 0 Å². The average molecular weight is 343 g/mol. The van der Waals surface area contributed by atoms with Gasteiger partial charge in [0.2, 0.25) is 5.91 Å². The van der Waals surface area contributed by atoms with Crippen molar-refractivity contribution in [1.29, 1.82) is 0 Å². The van der Waals surface area contributed by atoms with E-state index in [1.54, 1.807) is 0 Å². The second-order valence-corrected chi connectivity index (χ2v) is 6.41. The maximum Gasteiger partial charge on any atom is 0.220 e. The lowest BCUT2D eigenvalue weighted by molar-refractivity contribution is -0.872. The highest BCUT2D eigenvalue weighted by atomic mass is 19.1. The van der Waals surface area contributed by atoms with Crippen molar-refractivity contribution < 1.29 is 18.9 Å². The molecule has 2 aromatic carbocycles. The summed E-state index contributed by atoms with van der Waals surface area (Å²) in [6.45, 7) is 1.40. The second kappa shape index (κ2) is 9.08. The van der Waals surface area contributed by atoms with E-state index in [9.17, 15) is 14.0 Å². The quantitative estimate of drug-likeness (QED) is 0.718. The smallest absolute Gasteiger partial charge is 0.220 e. The molecule has 0 aromatic heterocycles. The molecule has 0 aliphatic carbocycles. The zero-order valence-corrected chi connectivity index (χ0v) is 14.6. The first-order chi connectivity index (χ1) is 11.9. The monoisotopic (exact) mass is 343 g/mol. The number of benzene rings is 2. The highest BCUT2D eigenvalue weighted by molar-refractivity contribution is 5.97. The van der Waals surface area contributed by atoms with Gasteiger partial charge < -0.3 is 10.2 Å². The van der Waals surface area contributed by atoms with Crippen molar-refractivity contribution >= 4 is 11.7 Å². The number of quaternary nitrogens is 1. The van der Waals surface area contributed by atoms with Gasteiger partial charge in [-0.1, -0.05) is 24.3 Å². The molecule has 0 unspecified atom stereocenters. The topological polar surface area (TPSA) is 50.6 Å². The van der Waals surface area contributed by atoms with Crippen LogP contribution in [0.5, 0.6) is 0 Å². The predicted molar refractivity (Wildman–Crippen MR) is 94.8 cm³/mol. The first-order valence-corrected chi connectivity index (χ1v) is 8.36. The number of nitrogens with one attached hydrogen (secondary N) is 2. The van der Waals surface area contributed by atoms with Crippen molar-refractivity contribution in [3.63, 3.8) is 0 Å². The van der Waals surface area contributed by atoms with Gasteiger partial charge in [0.15, 0.2) is 5.78 Å². The molecule has 1 amide bonds. The number of ketones is 1. The highest BCUT2D eigenvalue weighted by Crippen LogP contribution is 2.08. The Kier molecular flexibility index (Phi) is 6.83. The maximum absolute atomic E-state index is 12.8. The fourth-order valence-corrected chi connectivity index (χ4v) is 2.48. The van der Waals surface area contributed by atoms with Crippen molar-refractivity contribution in [2.45, 2.75) is 25.9 Å². The summed E-state index contributed by atoms with van der Waals surface area (Å²) in [5.74, 6) is -0.713. The molecular weight excluding hydrogens is 319 g/mol. The lowest BCUT2D eigenvalue weighted by Gasteiger charge is -2.09. The summed E-state index contributed by atoms with van der Waals surface area (Å²) in [6, 6.07) is 13.5. The van der Waals surface area contributed by atoms with Crippen molar-refractivity contribution in [2.24, 2.45) is 0 Å². The van der Waals surface area contributed by atoms with Gasteiger partial charge in [0.25, 0.3) is 0 Å². The van der Waals surface area contributed by atoms with Gasteiger partial charge in [-0.15, -0.1) is 0 Å². The molecule has 2 rings (SSSR count). The van der Waals surface area contributed by atoms with Crippen LogP contribution in [0.15, 0.2) is 48.5 Å². The molecule has 0 aliphatic heterocycles. The number of Topliss-reactive ketones (excluding diaryl/α,β-unsaturated/α-hetero) is 1. The lowest BCUT2D eigenvalue weighted by Crippen LogP contribution is -3.04. The molecule has 0 aliphatic rings. The Labute approximate surface area is 147 Å². The first-order valence-electron chi connectivity index (χ1n) is 8.36. The molecule has 2 aromatic rings. The summed E-state index contributed by atoms with van der Waals surface area (Å²) in [6.07, 6.45) is 0.236. The van der Waals surface area contributed by atoms with Crippen molar-refractivity contribution in [1.82, 2.24) is 5.32 Å². The minimum Gasteiger partial charge on any atom is -0.352 e. The lowest BCUT2D eigenvalue weighted by atomic mass is 10.1. The Hall–Kier alpha value is -2.53. The summed E-state index contributed by atoms with van der Waals surface area (Å²) in [4.78, 5) is 25.2. The number of rotatable bonds is 8. The third-order valence-corrected chi connectivity index (χ3v) is 3.82. The van der Waals surface area contributed by atoms with E-state index in [4.69, 9.17) is 0 Å². The van der Waals surface area contributed by atoms with Crippen LogP contribution in [0.25, 0.3) is 0 Å². The summed E-state index contributed by atoms with van der Waals surface area (Å²) in [7, 11) is 4.20. The molecule has 25 heavy (non-hydrogen) atoms. The summed E-state index contributed by atoms with van der Waals surface area (Å²) in [5, 5.41) is 2.82. The number of halogens is 1. The van der Waals surface area contributed by atoms with Gasteiger partial charge in [-0.05, 0) is 29.8 Å². The SMILES string of the molecule is C[NH+](C)Cc1ccc(CNC(=O)CCC(=O)c2ccc(F)cc2)cc1. The van der Waals surface area contributed by atoms with Crippen molar-refractivity contribution in [3.8, 4) is 0 Å². The van der Waals surface area contributed by atoms with E-state index in [-0.39, 0.29) is 30.3 Å². The summed E-state index contributed by atoms with van der Waals surface area (Å²) >= 11 is 0. The van der Waals surface area contributed by atoms with Gasteiger partial charge in [0, 0.05) is 30.5 Å². The van der Waals surface area contributed by atoms with Crippen LogP contribution in [0.2, 0.25) is 0 Å². The van der Waals surface area contributed by atoms with Gasteiger partial charge in [-0.2, -0.15) is 0 Å². The van der Waals surface area contributed by atoms with E-state index >= 15 is 0 Å². The van der Waals surface area contributed by atoms with Crippen LogP contribution < -0.4 is 10.2 Å². The Balaban J connectivity index is 1.75. The molecule has 0 saturated heterocycles. The largest absolute Gasteiger partial charge is 0.352 e. The van der Waals surface area contributed by atoms with E-state index in [1.807, 2.05) is 12.1 Å². The van der Waals surface area contributed by atoms with Crippen LogP contribution >= 0.6 is 0 Å². The Morgan fingerprint density at radius 2 is 1.52 bits per heavy atom. The molecule has 0 heterocycles. The molecule has 0 atom stereocenters. The van der Waals surface area contributed by atoms with Crippen molar-refractivity contribution in [3.05, 3.63) is 71.0 Å².